The molecular formula is C22H28N4O. The number of aryl methyl sites for hydroxylation is 2. The molecule has 3 rings (SSSR count). The average Bonchev–Trinajstić information content (AvgIpc) is 2.70. The van der Waals surface area contributed by atoms with E-state index in [1.165, 1.54) is 0 Å². The SMILES string of the molecule is CCc1cnc(NC)nc1C1=C(Oc2cc(N)ccc2C)C(CC)CC=C1. The van der Waals surface area contributed by atoms with Crippen LogP contribution >= 0.6 is 0 Å². The Kier molecular flexibility index (Phi) is 5.79. The molecule has 5 heteroatoms. The Morgan fingerprint density at radius 3 is 2.81 bits per heavy atom. The van der Waals surface area contributed by atoms with Crippen molar-refractivity contribution in [3.63, 3.8) is 0 Å². The summed E-state index contributed by atoms with van der Waals surface area (Å²) in [6.45, 7) is 6.35. The second-order valence-corrected chi connectivity index (χ2v) is 6.82. The lowest BCUT2D eigenvalue weighted by Gasteiger charge is -2.26. The molecule has 27 heavy (non-hydrogen) atoms. The van der Waals surface area contributed by atoms with E-state index in [1.807, 2.05) is 38.4 Å². The lowest BCUT2D eigenvalue weighted by atomic mass is 9.89. The molecule has 0 fully saturated rings. The van der Waals surface area contributed by atoms with E-state index >= 15 is 0 Å². The third kappa shape index (κ3) is 3.97. The summed E-state index contributed by atoms with van der Waals surface area (Å²) >= 11 is 0. The van der Waals surface area contributed by atoms with Gasteiger partial charge < -0.3 is 15.8 Å². The van der Waals surface area contributed by atoms with Crippen molar-refractivity contribution in [2.75, 3.05) is 18.1 Å². The summed E-state index contributed by atoms with van der Waals surface area (Å²) < 4.78 is 6.48. The molecule has 1 heterocycles. The fourth-order valence-electron chi connectivity index (χ4n) is 3.31. The van der Waals surface area contributed by atoms with Gasteiger partial charge in [-0.1, -0.05) is 32.1 Å². The average molecular weight is 364 g/mol. The molecule has 0 bridgehead atoms. The molecule has 5 nitrogen and oxygen atoms in total. The molecule has 3 N–H and O–H groups in total. The Labute approximate surface area is 161 Å². The number of rotatable bonds is 6. The summed E-state index contributed by atoms with van der Waals surface area (Å²) in [6.07, 6.45) is 9.05. The molecule has 1 atom stereocenters. The third-order valence-electron chi connectivity index (χ3n) is 4.99. The van der Waals surface area contributed by atoms with Gasteiger partial charge in [-0.3, -0.25) is 0 Å². The molecule has 1 aromatic heterocycles. The summed E-state index contributed by atoms with van der Waals surface area (Å²) in [5.41, 5.74) is 10.8. The first kappa shape index (κ1) is 19.0. The predicted octanol–water partition coefficient (Wildman–Crippen LogP) is 4.75. The standard InChI is InChI=1S/C22H28N4O/c1-5-15-8-7-9-18(20-16(6-2)13-25-22(24-4)26-20)21(15)27-19-12-17(23)11-10-14(19)3/h7,9-13,15H,5-6,8,23H2,1-4H3,(H,24,25,26). The topological polar surface area (TPSA) is 73.1 Å². The number of ether oxygens (including phenoxy) is 1. The Bertz CT molecular complexity index is 886. The number of hydrogen-bond donors (Lipinski definition) is 2. The molecule has 142 valence electrons. The van der Waals surface area contributed by atoms with Crippen LogP contribution in [0.4, 0.5) is 11.6 Å². The van der Waals surface area contributed by atoms with Crippen molar-refractivity contribution >= 4 is 17.2 Å². The van der Waals surface area contributed by atoms with Gasteiger partial charge in [-0.25, -0.2) is 9.97 Å². The molecule has 1 unspecified atom stereocenters. The van der Waals surface area contributed by atoms with E-state index in [4.69, 9.17) is 15.5 Å². The van der Waals surface area contributed by atoms with Crippen molar-refractivity contribution in [2.45, 2.75) is 40.0 Å². The highest BCUT2D eigenvalue weighted by Crippen LogP contribution is 2.37. The Balaban J connectivity index is 2.16. The van der Waals surface area contributed by atoms with Crippen LogP contribution in [-0.4, -0.2) is 17.0 Å². The number of benzene rings is 1. The second kappa shape index (κ2) is 8.25. The molecule has 1 aromatic carbocycles. The van der Waals surface area contributed by atoms with E-state index in [2.05, 4.69) is 36.3 Å². The van der Waals surface area contributed by atoms with Gasteiger partial charge in [0.1, 0.15) is 11.5 Å². The number of hydrogen-bond acceptors (Lipinski definition) is 5. The molecular weight excluding hydrogens is 336 g/mol. The zero-order chi connectivity index (χ0) is 19.4. The van der Waals surface area contributed by atoms with Gasteiger partial charge >= 0.3 is 0 Å². The normalized spacial score (nSPS) is 16.5. The van der Waals surface area contributed by atoms with Gasteiger partial charge in [0.2, 0.25) is 5.95 Å². The minimum atomic E-state index is 0.309. The minimum Gasteiger partial charge on any atom is -0.460 e. The van der Waals surface area contributed by atoms with Crippen LogP contribution in [-0.2, 0) is 6.42 Å². The summed E-state index contributed by atoms with van der Waals surface area (Å²) in [7, 11) is 1.83. The number of nitrogens with zero attached hydrogens (tertiary/aromatic N) is 2. The molecule has 0 spiro atoms. The van der Waals surface area contributed by atoms with E-state index in [-0.39, 0.29) is 0 Å². The van der Waals surface area contributed by atoms with Gasteiger partial charge in [-0.15, -0.1) is 0 Å². The fraction of sp³-hybridized carbons (Fsp3) is 0.364. The van der Waals surface area contributed by atoms with E-state index in [9.17, 15) is 0 Å². The van der Waals surface area contributed by atoms with Crippen LogP contribution in [0.5, 0.6) is 5.75 Å². The Morgan fingerprint density at radius 2 is 2.11 bits per heavy atom. The van der Waals surface area contributed by atoms with Crippen molar-refractivity contribution in [1.29, 1.82) is 0 Å². The molecule has 0 aliphatic heterocycles. The highest BCUT2D eigenvalue weighted by atomic mass is 16.5. The lowest BCUT2D eigenvalue weighted by molar-refractivity contribution is 0.340. The van der Waals surface area contributed by atoms with E-state index in [1.54, 1.807) is 0 Å². The predicted molar refractivity (Wildman–Crippen MR) is 112 cm³/mol. The molecule has 2 aromatic rings. The van der Waals surface area contributed by atoms with Crippen LogP contribution in [0.1, 0.15) is 43.5 Å². The van der Waals surface area contributed by atoms with Gasteiger partial charge in [-0.05, 0) is 43.4 Å². The highest BCUT2D eigenvalue weighted by Gasteiger charge is 2.25. The maximum Gasteiger partial charge on any atom is 0.222 e. The minimum absolute atomic E-state index is 0.309. The van der Waals surface area contributed by atoms with Gasteiger partial charge in [0.05, 0.1) is 5.69 Å². The number of anilines is 2. The van der Waals surface area contributed by atoms with Gasteiger partial charge in [0.15, 0.2) is 0 Å². The number of aromatic nitrogens is 2. The molecule has 0 amide bonds. The van der Waals surface area contributed by atoms with Gasteiger partial charge in [0.25, 0.3) is 0 Å². The lowest BCUT2D eigenvalue weighted by Crippen LogP contribution is -2.16. The summed E-state index contributed by atoms with van der Waals surface area (Å²) in [6, 6.07) is 5.78. The molecule has 0 saturated carbocycles. The first-order valence-corrected chi connectivity index (χ1v) is 9.56. The van der Waals surface area contributed by atoms with Crippen molar-refractivity contribution in [1.82, 2.24) is 9.97 Å². The van der Waals surface area contributed by atoms with E-state index in [0.717, 1.165) is 53.2 Å². The van der Waals surface area contributed by atoms with Gasteiger partial charge in [0, 0.05) is 36.5 Å². The van der Waals surface area contributed by atoms with Crippen LogP contribution < -0.4 is 15.8 Å². The summed E-state index contributed by atoms with van der Waals surface area (Å²) in [5.74, 6) is 2.69. The quantitative estimate of drug-likeness (QED) is 0.724. The largest absolute Gasteiger partial charge is 0.460 e. The number of allylic oxidation sites excluding steroid dienone is 4. The van der Waals surface area contributed by atoms with Crippen molar-refractivity contribution in [2.24, 2.45) is 5.92 Å². The summed E-state index contributed by atoms with van der Waals surface area (Å²) in [5, 5.41) is 3.04. The van der Waals surface area contributed by atoms with Crippen LogP contribution in [0.15, 0.2) is 42.3 Å². The second-order valence-electron chi connectivity index (χ2n) is 6.82. The van der Waals surface area contributed by atoms with E-state index in [0.29, 0.717) is 17.6 Å². The number of nitrogens with one attached hydrogen (secondary N) is 1. The first-order valence-electron chi connectivity index (χ1n) is 9.56. The van der Waals surface area contributed by atoms with Crippen LogP contribution in [0.3, 0.4) is 0 Å². The molecule has 0 saturated heterocycles. The van der Waals surface area contributed by atoms with Crippen molar-refractivity contribution < 1.29 is 4.74 Å². The maximum atomic E-state index is 6.48. The number of nitrogens with two attached hydrogens (primary N) is 1. The van der Waals surface area contributed by atoms with Crippen LogP contribution in [0.2, 0.25) is 0 Å². The Hall–Kier alpha value is -2.82. The monoisotopic (exact) mass is 364 g/mol. The van der Waals surface area contributed by atoms with Crippen LogP contribution in [0, 0.1) is 12.8 Å². The Morgan fingerprint density at radius 1 is 1.30 bits per heavy atom. The number of nitrogen functional groups attached to an aromatic ring is 1. The zero-order valence-electron chi connectivity index (χ0n) is 16.5. The van der Waals surface area contributed by atoms with Crippen molar-refractivity contribution in [3.05, 3.63) is 59.1 Å². The van der Waals surface area contributed by atoms with Crippen molar-refractivity contribution in [3.8, 4) is 5.75 Å². The van der Waals surface area contributed by atoms with Gasteiger partial charge in [-0.2, -0.15) is 0 Å². The first-order chi connectivity index (χ1) is 13.1. The molecule has 1 aliphatic rings. The zero-order valence-corrected chi connectivity index (χ0v) is 16.5. The highest BCUT2D eigenvalue weighted by molar-refractivity contribution is 5.77. The third-order valence-corrected chi connectivity index (χ3v) is 4.99. The smallest absolute Gasteiger partial charge is 0.222 e. The summed E-state index contributed by atoms with van der Waals surface area (Å²) in [4.78, 5) is 9.12. The molecule has 0 radical (unpaired) electrons. The molecule has 1 aliphatic carbocycles. The van der Waals surface area contributed by atoms with Crippen LogP contribution in [0.25, 0.3) is 5.57 Å². The fourth-order valence-corrected chi connectivity index (χ4v) is 3.31. The van der Waals surface area contributed by atoms with E-state index < -0.39 is 0 Å². The maximum absolute atomic E-state index is 6.48.